The molecule has 4 N–H and O–H groups in total. The van der Waals surface area contributed by atoms with Crippen LogP contribution in [0.15, 0.2) is 30.6 Å². The molecule has 1 aromatic carbocycles. The minimum atomic E-state index is -4.44. The second kappa shape index (κ2) is 12.3. The van der Waals surface area contributed by atoms with Gasteiger partial charge in [0.1, 0.15) is 6.33 Å². The Morgan fingerprint density at radius 3 is 2.64 bits per heavy atom. The van der Waals surface area contributed by atoms with Gasteiger partial charge in [-0.05, 0) is 30.7 Å². The molecule has 198 valence electrons. The van der Waals surface area contributed by atoms with Gasteiger partial charge < -0.3 is 25.8 Å². The summed E-state index contributed by atoms with van der Waals surface area (Å²) >= 11 is 0. The molecular formula is C23H30F4N6O3. The molecule has 2 aromatic rings. The molecule has 2 unspecified atom stereocenters. The van der Waals surface area contributed by atoms with Gasteiger partial charge in [-0.15, -0.1) is 0 Å². The van der Waals surface area contributed by atoms with E-state index in [-0.39, 0.29) is 56.9 Å². The van der Waals surface area contributed by atoms with E-state index in [1.54, 1.807) is 9.80 Å². The van der Waals surface area contributed by atoms with E-state index >= 15 is 4.39 Å². The molecule has 9 nitrogen and oxygen atoms in total. The Bertz CT molecular complexity index is 1010. The Morgan fingerprint density at radius 1 is 1.31 bits per heavy atom. The molecule has 0 radical (unpaired) electrons. The molecule has 2 atom stereocenters. The molecule has 1 amide bonds. The number of halogens is 4. The number of anilines is 2. The number of alkyl halides is 3. The number of ether oxygens (including phenoxy) is 1. The van der Waals surface area contributed by atoms with Crippen molar-refractivity contribution in [2.75, 3.05) is 56.7 Å². The van der Waals surface area contributed by atoms with Crippen LogP contribution in [0.1, 0.15) is 17.5 Å². The van der Waals surface area contributed by atoms with Gasteiger partial charge in [-0.2, -0.15) is 17.6 Å². The maximum atomic E-state index is 15.4. The number of rotatable bonds is 11. The smallest absolute Gasteiger partial charge is 0.391 e. The fraction of sp³-hybridized carbons (Fsp3) is 0.522. The number of nitrogens with two attached hydrogens (primary N) is 1. The number of aromatic nitrogens is 2. The molecule has 1 aliphatic heterocycles. The van der Waals surface area contributed by atoms with Gasteiger partial charge in [0.2, 0.25) is 11.7 Å². The number of likely N-dealkylation sites (tertiary alicyclic amines) is 1. The zero-order valence-electron chi connectivity index (χ0n) is 19.8. The highest BCUT2D eigenvalue weighted by atomic mass is 19.4. The monoisotopic (exact) mass is 514 g/mol. The van der Waals surface area contributed by atoms with Gasteiger partial charge in [-0.3, -0.25) is 9.69 Å². The standard InChI is InChI=1S/C23H30F4N6O3/c1-36-9-8-33(11-15-2-4-17(5-3-15)23(25,26)27)22-20(24)21(30-14-31-22)29-10-16-6-7-32(12-18(16)34)13-19(28)35/h2-5,14,16,18,34H,6-13H2,1H3,(H2,28,35)(H,29,30,31). The number of hydrogen-bond acceptors (Lipinski definition) is 8. The third-order valence-corrected chi connectivity index (χ3v) is 6.01. The maximum Gasteiger partial charge on any atom is 0.416 e. The van der Waals surface area contributed by atoms with E-state index in [9.17, 15) is 23.1 Å². The van der Waals surface area contributed by atoms with Crippen LogP contribution in [0.3, 0.4) is 0 Å². The average molecular weight is 515 g/mol. The minimum Gasteiger partial charge on any atom is -0.391 e. The third-order valence-electron chi connectivity index (χ3n) is 6.01. The summed E-state index contributed by atoms with van der Waals surface area (Å²) in [6, 6.07) is 4.64. The lowest BCUT2D eigenvalue weighted by molar-refractivity contribution is -0.137. The maximum absolute atomic E-state index is 15.4. The van der Waals surface area contributed by atoms with Crippen LogP contribution < -0.4 is 16.0 Å². The van der Waals surface area contributed by atoms with Gasteiger partial charge in [0, 0.05) is 39.2 Å². The molecule has 1 saturated heterocycles. The molecule has 13 heteroatoms. The SMILES string of the molecule is COCCN(Cc1ccc(C(F)(F)F)cc1)c1ncnc(NCC2CCN(CC(N)=O)CC2O)c1F. The zero-order valence-corrected chi connectivity index (χ0v) is 19.8. The number of hydrogen-bond donors (Lipinski definition) is 3. The predicted octanol–water partition coefficient (Wildman–Crippen LogP) is 1.87. The number of amides is 1. The van der Waals surface area contributed by atoms with Crippen molar-refractivity contribution in [2.45, 2.75) is 25.2 Å². The van der Waals surface area contributed by atoms with E-state index in [1.165, 1.54) is 25.6 Å². The Hall–Kier alpha value is -3.03. The average Bonchev–Trinajstić information content (AvgIpc) is 2.81. The van der Waals surface area contributed by atoms with E-state index in [2.05, 4.69) is 15.3 Å². The number of β-amino-alcohol motifs (C(OH)–C–C–N with tert-alkyl or cyclic N) is 1. The molecule has 3 rings (SSSR count). The first-order valence-corrected chi connectivity index (χ1v) is 11.4. The third kappa shape index (κ3) is 7.48. The molecule has 2 heterocycles. The zero-order chi connectivity index (χ0) is 26.3. The largest absolute Gasteiger partial charge is 0.416 e. The van der Waals surface area contributed by atoms with Crippen LogP contribution in [-0.4, -0.2) is 78.4 Å². The predicted molar refractivity (Wildman–Crippen MR) is 125 cm³/mol. The summed E-state index contributed by atoms with van der Waals surface area (Å²) in [5.41, 5.74) is 4.98. The number of benzene rings is 1. The number of primary amides is 1. The first-order chi connectivity index (χ1) is 17.1. The van der Waals surface area contributed by atoms with Crippen molar-refractivity contribution in [3.05, 3.63) is 47.5 Å². The summed E-state index contributed by atoms with van der Waals surface area (Å²) in [6.45, 7) is 1.75. The Labute approximate surface area is 206 Å². The van der Waals surface area contributed by atoms with Crippen LogP contribution in [0.5, 0.6) is 0 Å². The lowest BCUT2D eigenvalue weighted by Gasteiger charge is -2.35. The number of carbonyl (C=O) groups excluding carboxylic acids is 1. The van der Waals surface area contributed by atoms with Crippen molar-refractivity contribution in [2.24, 2.45) is 11.7 Å². The molecule has 1 fully saturated rings. The summed E-state index contributed by atoms with van der Waals surface area (Å²) in [5.74, 6) is -1.46. The summed E-state index contributed by atoms with van der Waals surface area (Å²) < 4.78 is 59.1. The highest BCUT2D eigenvalue weighted by Gasteiger charge is 2.30. The Kier molecular flexibility index (Phi) is 9.40. The van der Waals surface area contributed by atoms with Crippen molar-refractivity contribution in [3.8, 4) is 0 Å². The first kappa shape index (κ1) is 27.6. The number of aliphatic hydroxyl groups excluding tert-OH is 1. The Morgan fingerprint density at radius 2 is 2.03 bits per heavy atom. The van der Waals surface area contributed by atoms with Crippen molar-refractivity contribution in [3.63, 3.8) is 0 Å². The van der Waals surface area contributed by atoms with E-state index in [0.717, 1.165) is 12.1 Å². The minimum absolute atomic E-state index is 0.0266. The molecule has 0 aliphatic carbocycles. The number of nitrogens with one attached hydrogen (secondary N) is 1. The summed E-state index contributed by atoms with van der Waals surface area (Å²) in [4.78, 5) is 22.5. The number of carbonyl (C=O) groups is 1. The van der Waals surface area contributed by atoms with Gasteiger partial charge in [0.05, 0.1) is 24.8 Å². The molecule has 36 heavy (non-hydrogen) atoms. The summed E-state index contributed by atoms with van der Waals surface area (Å²) in [7, 11) is 1.49. The fourth-order valence-electron chi connectivity index (χ4n) is 4.06. The first-order valence-electron chi connectivity index (χ1n) is 11.4. The number of methoxy groups -OCH3 is 1. The highest BCUT2D eigenvalue weighted by Crippen LogP contribution is 2.30. The van der Waals surface area contributed by atoms with Crippen LogP contribution in [0.4, 0.5) is 29.2 Å². The van der Waals surface area contributed by atoms with Crippen molar-refractivity contribution in [1.82, 2.24) is 14.9 Å². The summed E-state index contributed by atoms with van der Waals surface area (Å²) in [6.07, 6.45) is -3.40. The lowest BCUT2D eigenvalue weighted by atomic mass is 9.93. The van der Waals surface area contributed by atoms with Crippen molar-refractivity contribution < 1.29 is 32.2 Å². The van der Waals surface area contributed by atoms with Crippen molar-refractivity contribution in [1.29, 1.82) is 0 Å². The second-order valence-electron chi connectivity index (χ2n) is 8.67. The number of aliphatic hydroxyl groups is 1. The van der Waals surface area contributed by atoms with Crippen LogP contribution in [0.2, 0.25) is 0 Å². The quantitative estimate of drug-likeness (QED) is 0.389. The van der Waals surface area contributed by atoms with Gasteiger partial charge >= 0.3 is 6.18 Å². The normalized spacial score (nSPS) is 18.7. The van der Waals surface area contributed by atoms with Crippen LogP contribution in [0.25, 0.3) is 0 Å². The lowest BCUT2D eigenvalue weighted by Crippen LogP contribution is -2.48. The second-order valence-corrected chi connectivity index (χ2v) is 8.67. The van der Waals surface area contributed by atoms with E-state index < -0.39 is 29.6 Å². The Balaban J connectivity index is 1.69. The van der Waals surface area contributed by atoms with E-state index in [4.69, 9.17) is 10.5 Å². The molecular weight excluding hydrogens is 484 g/mol. The fourth-order valence-corrected chi connectivity index (χ4v) is 4.06. The van der Waals surface area contributed by atoms with Crippen molar-refractivity contribution >= 4 is 17.5 Å². The van der Waals surface area contributed by atoms with Crippen LogP contribution in [0, 0.1) is 11.7 Å². The van der Waals surface area contributed by atoms with Gasteiger partial charge in [-0.25, -0.2) is 9.97 Å². The molecule has 0 bridgehead atoms. The summed E-state index contributed by atoms with van der Waals surface area (Å²) in [5, 5.41) is 13.3. The number of piperidine rings is 1. The molecule has 0 spiro atoms. The topological polar surface area (TPSA) is 117 Å². The van der Waals surface area contributed by atoms with E-state index in [0.29, 0.717) is 18.5 Å². The van der Waals surface area contributed by atoms with Crippen LogP contribution >= 0.6 is 0 Å². The molecule has 1 aromatic heterocycles. The van der Waals surface area contributed by atoms with Gasteiger partial charge in [0.15, 0.2) is 11.6 Å². The van der Waals surface area contributed by atoms with Crippen LogP contribution in [-0.2, 0) is 22.3 Å². The van der Waals surface area contributed by atoms with E-state index in [1.807, 2.05) is 0 Å². The highest BCUT2D eigenvalue weighted by molar-refractivity contribution is 5.75. The van der Waals surface area contributed by atoms with Gasteiger partial charge in [0.25, 0.3) is 0 Å². The van der Waals surface area contributed by atoms with Gasteiger partial charge in [-0.1, -0.05) is 12.1 Å². The number of nitrogens with zero attached hydrogens (tertiary/aromatic N) is 4. The molecule has 1 aliphatic rings. The molecule has 0 saturated carbocycles.